The lowest BCUT2D eigenvalue weighted by Crippen LogP contribution is -2.42. The lowest BCUT2D eigenvalue weighted by molar-refractivity contribution is -0.170. The van der Waals surface area contributed by atoms with Crippen molar-refractivity contribution >= 4 is 49.1 Å². The Morgan fingerprint density at radius 1 is 0.645 bits per heavy atom. The molecular formula is C6H17N3O19S3. The first kappa shape index (κ1) is 36.2. The second-order valence-electron chi connectivity index (χ2n) is 4.05. The van der Waals surface area contributed by atoms with Gasteiger partial charge in [0.25, 0.3) is 0 Å². The highest BCUT2D eigenvalue weighted by Gasteiger charge is 2.40. The molecule has 22 nitrogen and oxygen atoms in total. The van der Waals surface area contributed by atoms with E-state index in [4.69, 9.17) is 34.1 Å². The molecule has 0 spiro atoms. The Morgan fingerprint density at radius 2 is 0.806 bits per heavy atom. The number of nitrogens with two attached hydrogens (primary N) is 3. The lowest BCUT2D eigenvalue weighted by Gasteiger charge is -2.18. The molecule has 0 amide bonds. The molecule has 0 saturated heterocycles. The topological polar surface area (TPSA) is 401 Å². The average molecular weight is 531 g/mol. The molecule has 13 N–H and O–H groups in total. The van der Waals surface area contributed by atoms with Crippen LogP contribution in [0.3, 0.4) is 0 Å². The third kappa shape index (κ3) is 35.7. The standard InChI is InChI=1S/C6H8O7.3H3NO4S/c7-3(8)1-6(13,5(11)12)2-4(9)10;3*1-5-6(2,3)4/h13H,1-2H2,(H,7,8)(H,9,10)(H,11,12);3*1H2,(H,2,3,4). The molecule has 0 aromatic rings. The number of carbonyl (C=O) groups is 3. The van der Waals surface area contributed by atoms with Crippen molar-refractivity contribution in [3.05, 3.63) is 0 Å². The van der Waals surface area contributed by atoms with Gasteiger partial charge in [-0.3, -0.25) is 23.2 Å². The number of carboxylic acids is 3. The summed E-state index contributed by atoms with van der Waals surface area (Å²) in [5.74, 6) is 6.88. The SMILES string of the molecule is NOS(=O)(=O)O.NOS(=O)(=O)O.NOS(=O)(=O)O.O=C(O)CC(O)(CC(=O)O)C(=O)O. The molecule has 31 heavy (non-hydrogen) atoms. The molecule has 0 bridgehead atoms. The number of hydrogen-bond acceptors (Lipinski definition) is 16. The van der Waals surface area contributed by atoms with Crippen LogP contribution in [0.1, 0.15) is 12.8 Å². The fourth-order valence-electron chi connectivity index (χ4n) is 0.714. The van der Waals surface area contributed by atoms with Gasteiger partial charge in [-0.05, 0) is 0 Å². The number of aliphatic carboxylic acids is 3. The molecule has 0 aliphatic heterocycles. The predicted molar refractivity (Wildman–Crippen MR) is 87.6 cm³/mol. The largest absolute Gasteiger partial charge is 0.481 e. The number of hydrogen-bond donors (Lipinski definition) is 10. The number of rotatable bonds is 8. The summed E-state index contributed by atoms with van der Waals surface area (Å²) in [6, 6.07) is 0. The summed E-state index contributed by atoms with van der Waals surface area (Å²) in [6.07, 6.45) is -2.29. The summed E-state index contributed by atoms with van der Waals surface area (Å²) in [7, 11) is -13.2. The van der Waals surface area contributed by atoms with Gasteiger partial charge < -0.3 is 20.4 Å². The molecule has 0 aromatic carbocycles. The maximum atomic E-state index is 10.3. The molecule has 0 aliphatic carbocycles. The molecule has 0 saturated carbocycles. The zero-order valence-corrected chi connectivity index (χ0v) is 16.8. The number of aliphatic hydroxyl groups is 1. The summed E-state index contributed by atoms with van der Waals surface area (Å²) in [4.78, 5) is 30.5. The Hall–Kier alpha value is -2.14. The van der Waals surface area contributed by atoms with Gasteiger partial charge in [0, 0.05) is 0 Å². The van der Waals surface area contributed by atoms with E-state index in [1.165, 1.54) is 0 Å². The van der Waals surface area contributed by atoms with E-state index >= 15 is 0 Å². The van der Waals surface area contributed by atoms with E-state index in [0.29, 0.717) is 0 Å². The van der Waals surface area contributed by atoms with Crippen molar-refractivity contribution in [3.8, 4) is 0 Å². The smallest absolute Gasteiger partial charge is 0.413 e. The van der Waals surface area contributed by atoms with Crippen molar-refractivity contribution in [2.45, 2.75) is 18.4 Å². The van der Waals surface area contributed by atoms with E-state index in [1.54, 1.807) is 0 Å². The highest BCUT2D eigenvalue weighted by atomic mass is 32.3. The maximum Gasteiger partial charge on any atom is 0.413 e. The van der Waals surface area contributed by atoms with E-state index in [2.05, 4.69) is 30.5 Å². The van der Waals surface area contributed by atoms with Crippen LogP contribution in [0.2, 0.25) is 0 Å². The van der Waals surface area contributed by atoms with Crippen LogP contribution >= 0.6 is 0 Å². The summed E-state index contributed by atoms with van der Waals surface area (Å²) < 4.78 is 86.5. The van der Waals surface area contributed by atoms with Gasteiger partial charge in [0.15, 0.2) is 5.60 Å². The van der Waals surface area contributed by atoms with Crippen molar-refractivity contribution in [2.75, 3.05) is 0 Å². The molecule has 0 rings (SSSR count). The fourth-order valence-corrected chi connectivity index (χ4v) is 0.714. The molecule has 0 heterocycles. The third-order valence-corrected chi connectivity index (χ3v) is 2.38. The Bertz CT molecular complexity index is 783. The fraction of sp³-hybridized carbons (Fsp3) is 0.500. The molecule has 0 unspecified atom stereocenters. The highest BCUT2D eigenvalue weighted by molar-refractivity contribution is 7.81. The van der Waals surface area contributed by atoms with Gasteiger partial charge in [0.1, 0.15) is 0 Å². The van der Waals surface area contributed by atoms with Crippen LogP contribution in [0, 0.1) is 0 Å². The zero-order valence-electron chi connectivity index (χ0n) is 14.4. The van der Waals surface area contributed by atoms with Gasteiger partial charge in [-0.15, -0.1) is 0 Å². The quantitative estimate of drug-likeness (QED) is 0.103. The van der Waals surface area contributed by atoms with E-state index < -0.39 is 67.5 Å². The van der Waals surface area contributed by atoms with Crippen LogP contribution in [-0.4, -0.2) is 82.8 Å². The van der Waals surface area contributed by atoms with Crippen molar-refractivity contribution in [1.82, 2.24) is 0 Å². The van der Waals surface area contributed by atoms with Crippen LogP contribution in [-0.2, 0) is 58.4 Å². The van der Waals surface area contributed by atoms with Gasteiger partial charge >= 0.3 is 49.1 Å². The zero-order chi connectivity index (χ0) is 26.3. The normalized spacial score (nSPS) is 11.3. The molecule has 0 radical (unpaired) electrons. The monoisotopic (exact) mass is 531 g/mol. The van der Waals surface area contributed by atoms with E-state index in [1.807, 2.05) is 0 Å². The molecule has 0 atom stereocenters. The summed E-state index contributed by atoms with van der Waals surface area (Å²) in [6.45, 7) is 0. The third-order valence-electron chi connectivity index (χ3n) is 1.65. The van der Waals surface area contributed by atoms with E-state index in [9.17, 15) is 39.6 Å². The van der Waals surface area contributed by atoms with Crippen molar-refractivity contribution in [3.63, 3.8) is 0 Å². The summed E-state index contributed by atoms with van der Waals surface area (Å²) in [5, 5.41) is 33.8. The van der Waals surface area contributed by atoms with Gasteiger partial charge in [-0.25, -0.2) is 4.79 Å². The van der Waals surface area contributed by atoms with Crippen molar-refractivity contribution in [2.24, 2.45) is 17.7 Å². The van der Waals surface area contributed by atoms with Crippen LogP contribution in [0.4, 0.5) is 0 Å². The number of carboxylic acid groups (broad SMARTS) is 3. The molecule has 0 fully saturated rings. The van der Waals surface area contributed by atoms with Crippen molar-refractivity contribution < 1.29 is 86.6 Å². The van der Waals surface area contributed by atoms with Gasteiger partial charge in [-0.2, -0.15) is 55.8 Å². The Morgan fingerprint density at radius 3 is 0.871 bits per heavy atom. The minimum atomic E-state index is -4.38. The molecule has 188 valence electrons. The van der Waals surface area contributed by atoms with Crippen LogP contribution in [0.25, 0.3) is 0 Å². The van der Waals surface area contributed by atoms with E-state index in [0.717, 1.165) is 0 Å². The van der Waals surface area contributed by atoms with Crippen molar-refractivity contribution in [1.29, 1.82) is 0 Å². The highest BCUT2D eigenvalue weighted by Crippen LogP contribution is 2.15. The van der Waals surface area contributed by atoms with Gasteiger partial charge in [-0.1, -0.05) is 0 Å². The first-order chi connectivity index (χ1) is 13.5. The molecule has 0 aliphatic rings. The Labute approximate surface area is 172 Å². The summed E-state index contributed by atoms with van der Waals surface area (Å²) in [5.41, 5.74) is -2.74. The summed E-state index contributed by atoms with van der Waals surface area (Å²) >= 11 is 0. The van der Waals surface area contributed by atoms with Gasteiger partial charge in [0.05, 0.1) is 12.8 Å². The van der Waals surface area contributed by atoms with E-state index in [-0.39, 0.29) is 0 Å². The minimum Gasteiger partial charge on any atom is -0.481 e. The average Bonchev–Trinajstić information content (AvgIpc) is 2.53. The first-order valence-corrected chi connectivity index (χ1v) is 10.0. The Balaban J connectivity index is -0.000000171. The van der Waals surface area contributed by atoms with Crippen LogP contribution in [0.5, 0.6) is 0 Å². The van der Waals surface area contributed by atoms with Crippen LogP contribution < -0.4 is 17.7 Å². The molecular weight excluding hydrogens is 514 g/mol. The second-order valence-corrected chi connectivity index (χ2v) is 7.19. The second kappa shape index (κ2) is 15.6. The maximum absolute atomic E-state index is 10.3. The first-order valence-electron chi connectivity index (χ1n) is 5.93. The molecule has 0 aromatic heterocycles. The Kier molecular flexibility index (Phi) is 18.3. The van der Waals surface area contributed by atoms with Crippen LogP contribution in [0.15, 0.2) is 0 Å². The lowest BCUT2D eigenvalue weighted by atomic mass is 9.96. The molecule has 25 heteroatoms. The van der Waals surface area contributed by atoms with Gasteiger partial charge in [0.2, 0.25) is 0 Å². The minimum absolute atomic E-state index is 1.14. The predicted octanol–water partition coefficient (Wildman–Crippen LogP) is -5.21.